The second-order valence-electron chi connectivity index (χ2n) is 7.18. The number of benzene rings is 2. The van der Waals surface area contributed by atoms with E-state index < -0.39 is 22.9 Å². The number of nitrogens with one attached hydrogen (secondary N) is 3. The summed E-state index contributed by atoms with van der Waals surface area (Å²) in [5.74, 6) is -0.651. The van der Waals surface area contributed by atoms with Gasteiger partial charge in [0.25, 0.3) is 0 Å². The first kappa shape index (κ1) is 25.1. The fraction of sp³-hybridized carbons (Fsp3) is 0.348. The minimum atomic E-state index is -1.19. The molecule has 2 aromatic carbocycles. The molecule has 3 amide bonds. The van der Waals surface area contributed by atoms with Crippen LogP contribution in [-0.4, -0.2) is 46.7 Å². The maximum atomic E-state index is 12.7. The van der Waals surface area contributed by atoms with Gasteiger partial charge in [-0.1, -0.05) is 48.5 Å². The number of alkyl carbamates (subject to hydrolysis) is 1. The van der Waals surface area contributed by atoms with Crippen molar-refractivity contribution in [3.63, 3.8) is 0 Å². The van der Waals surface area contributed by atoms with Crippen molar-refractivity contribution in [2.75, 3.05) is 23.9 Å². The number of rotatable bonds is 12. The molecule has 9 heteroatoms. The molecule has 0 saturated carbocycles. The maximum Gasteiger partial charge on any atom is 0.408 e. The molecule has 1 unspecified atom stereocenters. The van der Waals surface area contributed by atoms with Crippen molar-refractivity contribution in [3.8, 4) is 0 Å². The molecule has 0 aromatic heterocycles. The fourth-order valence-electron chi connectivity index (χ4n) is 2.86. The maximum absolute atomic E-state index is 12.7. The highest BCUT2D eigenvalue weighted by Gasteiger charge is 2.21. The normalized spacial score (nSPS) is 12.3. The highest BCUT2D eigenvalue weighted by atomic mass is 32.2. The Balaban J connectivity index is 1.85. The van der Waals surface area contributed by atoms with E-state index in [0.29, 0.717) is 31.5 Å². The van der Waals surface area contributed by atoms with Crippen LogP contribution in [0.4, 0.5) is 10.5 Å². The lowest BCUT2D eigenvalue weighted by Crippen LogP contribution is -2.44. The Morgan fingerprint density at radius 1 is 0.969 bits per heavy atom. The van der Waals surface area contributed by atoms with Crippen LogP contribution >= 0.6 is 0 Å². The van der Waals surface area contributed by atoms with Gasteiger partial charge in [-0.2, -0.15) is 0 Å². The van der Waals surface area contributed by atoms with Crippen molar-refractivity contribution in [1.82, 2.24) is 10.6 Å². The molecule has 2 atom stereocenters. The lowest BCUT2D eigenvalue weighted by atomic mass is 10.1. The zero-order chi connectivity index (χ0) is 23.2. The van der Waals surface area contributed by atoms with Crippen molar-refractivity contribution in [2.24, 2.45) is 0 Å². The van der Waals surface area contributed by atoms with Gasteiger partial charge in [0.1, 0.15) is 18.4 Å². The SMILES string of the molecule is CS(=O)CC(=O)NCCCC[C@H](NC(=O)OCc1ccccc1)C(=O)Nc1ccccc1. The molecular formula is C23H29N3O5S. The first-order valence-corrected chi connectivity index (χ1v) is 12.1. The highest BCUT2D eigenvalue weighted by molar-refractivity contribution is 7.85. The van der Waals surface area contributed by atoms with E-state index in [-0.39, 0.29) is 24.2 Å². The largest absolute Gasteiger partial charge is 0.445 e. The number of anilines is 1. The Labute approximate surface area is 190 Å². The smallest absolute Gasteiger partial charge is 0.408 e. The van der Waals surface area contributed by atoms with Crippen molar-refractivity contribution in [2.45, 2.75) is 31.9 Å². The molecule has 172 valence electrons. The van der Waals surface area contributed by atoms with E-state index >= 15 is 0 Å². The van der Waals surface area contributed by atoms with Gasteiger partial charge >= 0.3 is 6.09 Å². The van der Waals surface area contributed by atoms with Gasteiger partial charge in [-0.25, -0.2) is 4.79 Å². The molecule has 0 radical (unpaired) electrons. The van der Waals surface area contributed by atoms with Crippen molar-refractivity contribution >= 4 is 34.4 Å². The molecular weight excluding hydrogens is 430 g/mol. The third-order valence-electron chi connectivity index (χ3n) is 4.44. The number of hydrogen-bond acceptors (Lipinski definition) is 5. The summed E-state index contributed by atoms with van der Waals surface area (Å²) < 4.78 is 16.3. The molecule has 2 aromatic rings. The average Bonchev–Trinajstić information content (AvgIpc) is 2.77. The summed E-state index contributed by atoms with van der Waals surface area (Å²) in [4.78, 5) is 36.6. The zero-order valence-corrected chi connectivity index (χ0v) is 18.9. The predicted octanol–water partition coefficient (Wildman–Crippen LogP) is 2.59. The summed E-state index contributed by atoms with van der Waals surface area (Å²) in [5.41, 5.74) is 1.47. The number of amides is 3. The number of carbonyl (C=O) groups excluding carboxylic acids is 3. The number of hydrogen-bond donors (Lipinski definition) is 3. The van der Waals surface area contributed by atoms with Crippen LogP contribution in [0.3, 0.4) is 0 Å². The molecule has 0 fully saturated rings. The van der Waals surface area contributed by atoms with Gasteiger partial charge in [0, 0.05) is 29.3 Å². The van der Waals surface area contributed by atoms with Crippen LogP contribution in [0.15, 0.2) is 60.7 Å². The van der Waals surface area contributed by atoms with Crippen LogP contribution in [0.1, 0.15) is 24.8 Å². The Morgan fingerprint density at radius 2 is 1.62 bits per heavy atom. The summed E-state index contributed by atoms with van der Waals surface area (Å²) in [6.45, 7) is 0.506. The summed E-state index contributed by atoms with van der Waals surface area (Å²) >= 11 is 0. The highest BCUT2D eigenvalue weighted by Crippen LogP contribution is 2.09. The number of carbonyl (C=O) groups is 3. The topological polar surface area (TPSA) is 114 Å². The quantitative estimate of drug-likeness (QED) is 0.422. The molecule has 0 heterocycles. The van der Waals surface area contributed by atoms with E-state index in [0.717, 1.165) is 5.56 Å². The molecule has 32 heavy (non-hydrogen) atoms. The molecule has 0 aliphatic heterocycles. The Morgan fingerprint density at radius 3 is 2.28 bits per heavy atom. The lowest BCUT2D eigenvalue weighted by Gasteiger charge is -2.18. The summed E-state index contributed by atoms with van der Waals surface area (Å²) in [6.07, 6.45) is 2.35. The van der Waals surface area contributed by atoms with E-state index in [9.17, 15) is 18.6 Å². The minimum Gasteiger partial charge on any atom is -0.445 e. The Kier molecular flexibility index (Phi) is 10.9. The van der Waals surface area contributed by atoms with Crippen molar-refractivity contribution in [1.29, 1.82) is 0 Å². The summed E-state index contributed by atoms with van der Waals surface area (Å²) in [6, 6.07) is 17.4. The van der Waals surface area contributed by atoms with Gasteiger partial charge in [0.05, 0.1) is 0 Å². The van der Waals surface area contributed by atoms with Crippen LogP contribution in [0.5, 0.6) is 0 Å². The molecule has 0 saturated heterocycles. The average molecular weight is 460 g/mol. The van der Waals surface area contributed by atoms with Gasteiger partial charge in [0.15, 0.2) is 0 Å². The number of ether oxygens (including phenoxy) is 1. The monoisotopic (exact) mass is 459 g/mol. The van der Waals surface area contributed by atoms with Gasteiger partial charge in [-0.15, -0.1) is 0 Å². The predicted molar refractivity (Wildman–Crippen MR) is 124 cm³/mol. The van der Waals surface area contributed by atoms with E-state index in [2.05, 4.69) is 16.0 Å². The Hall–Kier alpha value is -3.20. The second kappa shape index (κ2) is 14.0. The first-order chi connectivity index (χ1) is 15.4. The molecule has 3 N–H and O–H groups in total. The van der Waals surface area contributed by atoms with Crippen LogP contribution in [0.25, 0.3) is 0 Å². The Bertz CT molecular complexity index is 893. The van der Waals surface area contributed by atoms with Gasteiger partial charge in [-0.3, -0.25) is 13.8 Å². The zero-order valence-electron chi connectivity index (χ0n) is 18.0. The van der Waals surface area contributed by atoms with Crippen LogP contribution in [0.2, 0.25) is 0 Å². The summed E-state index contributed by atoms with van der Waals surface area (Å²) in [5, 5.41) is 8.11. The van der Waals surface area contributed by atoms with Gasteiger partial charge in [0.2, 0.25) is 11.8 Å². The second-order valence-corrected chi connectivity index (χ2v) is 8.61. The fourth-order valence-corrected chi connectivity index (χ4v) is 3.33. The van der Waals surface area contributed by atoms with Crippen LogP contribution in [0, 0.1) is 0 Å². The first-order valence-electron chi connectivity index (χ1n) is 10.3. The van der Waals surface area contributed by atoms with E-state index in [1.54, 1.807) is 24.3 Å². The molecule has 0 spiro atoms. The minimum absolute atomic E-state index is 0.0308. The third kappa shape index (κ3) is 10.2. The molecule has 0 bridgehead atoms. The standard InChI is InChI=1S/C23H29N3O5S/c1-32(30)17-21(27)24-15-9-8-14-20(22(28)25-19-12-6-3-7-13-19)26-23(29)31-16-18-10-4-2-5-11-18/h2-7,10-13,20H,8-9,14-17H2,1H3,(H,24,27)(H,25,28)(H,26,29)/t20-,32?/m0/s1. The molecule has 0 aliphatic rings. The molecule has 0 aliphatic carbocycles. The number of para-hydroxylation sites is 1. The lowest BCUT2D eigenvalue weighted by molar-refractivity contribution is -0.119. The summed E-state index contributed by atoms with van der Waals surface area (Å²) in [7, 11) is -1.19. The van der Waals surface area contributed by atoms with Crippen LogP contribution < -0.4 is 16.0 Å². The van der Waals surface area contributed by atoms with E-state index in [4.69, 9.17) is 4.74 Å². The third-order valence-corrected chi connectivity index (χ3v) is 5.11. The van der Waals surface area contributed by atoms with E-state index in [1.165, 1.54) is 6.26 Å². The van der Waals surface area contributed by atoms with Crippen molar-refractivity contribution in [3.05, 3.63) is 66.2 Å². The molecule has 2 rings (SSSR count). The van der Waals surface area contributed by atoms with E-state index in [1.807, 2.05) is 36.4 Å². The van der Waals surface area contributed by atoms with Gasteiger partial charge < -0.3 is 20.7 Å². The van der Waals surface area contributed by atoms with Crippen molar-refractivity contribution < 1.29 is 23.3 Å². The van der Waals surface area contributed by atoms with Crippen LogP contribution in [-0.2, 0) is 31.7 Å². The van der Waals surface area contributed by atoms with Gasteiger partial charge in [-0.05, 0) is 37.0 Å². The number of unbranched alkanes of at least 4 members (excludes halogenated alkanes) is 1. The molecule has 8 nitrogen and oxygen atoms in total.